The Morgan fingerprint density at radius 2 is 2.08 bits per heavy atom. The lowest BCUT2D eigenvalue weighted by atomic mass is 10.1. The number of aliphatic hydroxyl groups excluding tert-OH is 1. The Balaban J connectivity index is 2.69. The highest BCUT2D eigenvalue weighted by Gasteiger charge is 2.04. The zero-order valence-electron chi connectivity index (χ0n) is 7.13. The van der Waals surface area contributed by atoms with Gasteiger partial charge in [-0.2, -0.15) is 0 Å². The van der Waals surface area contributed by atoms with Gasteiger partial charge in [-0.3, -0.25) is 0 Å². The summed E-state index contributed by atoms with van der Waals surface area (Å²) in [4.78, 5) is 0. The molecule has 66 valence electrons. The highest BCUT2D eigenvalue weighted by molar-refractivity contribution is 6.31. The Hall–Kier alpha value is -0.530. The second-order valence-electron chi connectivity index (χ2n) is 2.86. The lowest BCUT2D eigenvalue weighted by Gasteiger charge is -2.08. The maximum atomic E-state index is 9.38. The average Bonchev–Trinajstić information content (AvgIpc) is 2.09. The highest BCUT2D eigenvalue weighted by Crippen LogP contribution is 2.17. The minimum atomic E-state index is -0.273. The van der Waals surface area contributed by atoms with Crippen molar-refractivity contribution in [1.29, 1.82) is 0 Å². The van der Waals surface area contributed by atoms with Gasteiger partial charge in [-0.15, -0.1) is 0 Å². The molecule has 2 heteroatoms. The van der Waals surface area contributed by atoms with Crippen LogP contribution >= 0.6 is 11.6 Å². The maximum absolute atomic E-state index is 9.38. The van der Waals surface area contributed by atoms with Gasteiger partial charge in [0.15, 0.2) is 0 Å². The van der Waals surface area contributed by atoms with Crippen molar-refractivity contribution in [2.45, 2.75) is 25.9 Å². The van der Waals surface area contributed by atoms with Gasteiger partial charge in [-0.25, -0.2) is 0 Å². The quantitative estimate of drug-likeness (QED) is 0.766. The fraction of sp³-hybridized carbons (Fsp3) is 0.400. The summed E-state index contributed by atoms with van der Waals surface area (Å²) in [6, 6.07) is 7.62. The van der Waals surface area contributed by atoms with Gasteiger partial charge in [0.05, 0.1) is 6.10 Å². The summed E-state index contributed by atoms with van der Waals surface area (Å²) in [5, 5.41) is 10.1. The van der Waals surface area contributed by atoms with E-state index in [-0.39, 0.29) is 6.10 Å². The minimum absolute atomic E-state index is 0.273. The van der Waals surface area contributed by atoms with E-state index in [1.165, 1.54) is 0 Å². The fourth-order valence-electron chi connectivity index (χ4n) is 1.06. The van der Waals surface area contributed by atoms with Crippen LogP contribution in [-0.4, -0.2) is 11.2 Å². The van der Waals surface area contributed by atoms with Crippen LogP contribution in [0.1, 0.15) is 18.9 Å². The molecule has 0 bridgehead atoms. The fourth-order valence-corrected chi connectivity index (χ4v) is 1.28. The largest absolute Gasteiger partial charge is 0.393 e. The first-order valence-electron chi connectivity index (χ1n) is 4.15. The SMILES string of the molecule is CC[C@@H](O)Cc1ccccc1Cl. The van der Waals surface area contributed by atoms with Crippen LogP contribution in [0.5, 0.6) is 0 Å². The number of halogens is 1. The Labute approximate surface area is 78.0 Å². The Morgan fingerprint density at radius 3 is 2.67 bits per heavy atom. The molecule has 0 amide bonds. The molecule has 0 aromatic heterocycles. The van der Waals surface area contributed by atoms with E-state index >= 15 is 0 Å². The third-order valence-corrected chi connectivity index (χ3v) is 2.25. The normalized spacial score (nSPS) is 12.9. The molecule has 1 nitrogen and oxygen atoms in total. The van der Waals surface area contributed by atoms with E-state index in [0.29, 0.717) is 6.42 Å². The molecule has 0 aliphatic heterocycles. The summed E-state index contributed by atoms with van der Waals surface area (Å²) in [7, 11) is 0. The third-order valence-electron chi connectivity index (χ3n) is 1.88. The zero-order valence-corrected chi connectivity index (χ0v) is 7.88. The lowest BCUT2D eigenvalue weighted by Crippen LogP contribution is -2.08. The number of aliphatic hydroxyl groups is 1. The molecule has 0 saturated carbocycles. The van der Waals surface area contributed by atoms with Gasteiger partial charge in [0, 0.05) is 5.02 Å². The van der Waals surface area contributed by atoms with Crippen molar-refractivity contribution in [2.24, 2.45) is 0 Å². The topological polar surface area (TPSA) is 20.2 Å². The van der Waals surface area contributed by atoms with Crippen LogP contribution in [0.4, 0.5) is 0 Å². The van der Waals surface area contributed by atoms with Crippen LogP contribution in [0.2, 0.25) is 5.02 Å². The van der Waals surface area contributed by atoms with Gasteiger partial charge >= 0.3 is 0 Å². The maximum Gasteiger partial charge on any atom is 0.0578 e. The summed E-state index contributed by atoms with van der Waals surface area (Å²) >= 11 is 5.91. The Morgan fingerprint density at radius 1 is 1.42 bits per heavy atom. The molecular formula is C10H13ClO. The van der Waals surface area contributed by atoms with Crippen LogP contribution in [0, 0.1) is 0 Å². The van der Waals surface area contributed by atoms with Gasteiger partial charge in [0.25, 0.3) is 0 Å². The Kier molecular flexibility index (Phi) is 3.57. The van der Waals surface area contributed by atoms with Crippen molar-refractivity contribution < 1.29 is 5.11 Å². The van der Waals surface area contributed by atoms with E-state index < -0.39 is 0 Å². The molecule has 1 N–H and O–H groups in total. The molecule has 1 aromatic rings. The molecular weight excluding hydrogens is 172 g/mol. The number of benzene rings is 1. The van der Waals surface area contributed by atoms with Crippen molar-refractivity contribution in [3.8, 4) is 0 Å². The van der Waals surface area contributed by atoms with Gasteiger partial charge in [-0.1, -0.05) is 36.7 Å². The molecule has 1 aromatic carbocycles. The van der Waals surface area contributed by atoms with E-state index in [0.717, 1.165) is 17.0 Å². The summed E-state index contributed by atoms with van der Waals surface area (Å²) in [5.41, 5.74) is 1.02. The second-order valence-corrected chi connectivity index (χ2v) is 3.26. The zero-order chi connectivity index (χ0) is 8.97. The van der Waals surface area contributed by atoms with Crippen molar-refractivity contribution in [3.05, 3.63) is 34.9 Å². The molecule has 0 saturated heterocycles. The lowest BCUT2D eigenvalue weighted by molar-refractivity contribution is 0.171. The molecule has 0 spiro atoms. The van der Waals surface area contributed by atoms with Crippen LogP contribution in [0.15, 0.2) is 24.3 Å². The average molecular weight is 185 g/mol. The molecule has 0 heterocycles. The first-order chi connectivity index (χ1) is 5.74. The van der Waals surface area contributed by atoms with Crippen LogP contribution in [0.3, 0.4) is 0 Å². The summed E-state index contributed by atoms with van der Waals surface area (Å²) < 4.78 is 0. The summed E-state index contributed by atoms with van der Waals surface area (Å²) in [6.45, 7) is 1.96. The smallest absolute Gasteiger partial charge is 0.0578 e. The molecule has 1 rings (SSSR count). The summed E-state index contributed by atoms with van der Waals surface area (Å²) in [5.74, 6) is 0. The molecule has 12 heavy (non-hydrogen) atoms. The predicted octanol–water partition coefficient (Wildman–Crippen LogP) is 2.65. The number of rotatable bonds is 3. The number of hydrogen-bond donors (Lipinski definition) is 1. The van der Waals surface area contributed by atoms with Crippen LogP contribution in [0.25, 0.3) is 0 Å². The van der Waals surface area contributed by atoms with Gasteiger partial charge in [-0.05, 0) is 24.5 Å². The number of hydrogen-bond acceptors (Lipinski definition) is 1. The second kappa shape index (κ2) is 4.48. The van der Waals surface area contributed by atoms with Gasteiger partial charge in [0.2, 0.25) is 0 Å². The first-order valence-corrected chi connectivity index (χ1v) is 4.53. The monoisotopic (exact) mass is 184 g/mol. The van der Waals surface area contributed by atoms with E-state index in [4.69, 9.17) is 11.6 Å². The highest BCUT2D eigenvalue weighted by atomic mass is 35.5. The molecule has 1 atom stereocenters. The van der Waals surface area contributed by atoms with E-state index in [9.17, 15) is 5.11 Å². The van der Waals surface area contributed by atoms with E-state index in [1.54, 1.807) is 0 Å². The van der Waals surface area contributed by atoms with Crippen LogP contribution < -0.4 is 0 Å². The van der Waals surface area contributed by atoms with E-state index in [2.05, 4.69) is 0 Å². The Bertz CT molecular complexity index is 247. The third kappa shape index (κ3) is 2.50. The molecule has 0 fully saturated rings. The molecule has 0 radical (unpaired) electrons. The van der Waals surface area contributed by atoms with Crippen molar-refractivity contribution in [3.63, 3.8) is 0 Å². The van der Waals surface area contributed by atoms with Crippen molar-refractivity contribution in [1.82, 2.24) is 0 Å². The van der Waals surface area contributed by atoms with Gasteiger partial charge in [0.1, 0.15) is 0 Å². The van der Waals surface area contributed by atoms with Crippen molar-refractivity contribution in [2.75, 3.05) is 0 Å². The van der Waals surface area contributed by atoms with Crippen molar-refractivity contribution >= 4 is 11.6 Å². The van der Waals surface area contributed by atoms with Crippen LogP contribution in [-0.2, 0) is 6.42 Å². The first kappa shape index (κ1) is 9.56. The van der Waals surface area contributed by atoms with Gasteiger partial charge < -0.3 is 5.11 Å². The molecule has 0 aliphatic carbocycles. The molecule has 0 unspecified atom stereocenters. The predicted molar refractivity (Wildman–Crippen MR) is 51.5 cm³/mol. The molecule has 0 aliphatic rings. The minimum Gasteiger partial charge on any atom is -0.393 e. The standard InChI is InChI=1S/C10H13ClO/c1-2-9(12)7-8-5-3-4-6-10(8)11/h3-6,9,12H,2,7H2,1H3/t9-/m1/s1. The summed E-state index contributed by atoms with van der Waals surface area (Å²) in [6.07, 6.45) is 1.14. The van der Waals surface area contributed by atoms with E-state index in [1.807, 2.05) is 31.2 Å².